The van der Waals surface area contributed by atoms with Crippen LogP contribution in [0.5, 0.6) is 0 Å². The Morgan fingerprint density at radius 3 is 2.58 bits per heavy atom. The summed E-state index contributed by atoms with van der Waals surface area (Å²) >= 11 is 0. The fourth-order valence-corrected chi connectivity index (χ4v) is 2.16. The standard InChI is InChI=1S/C18H28N3O3/c1-3-21(20-17(23)12-9-14(2)18(19)24)13-16(22)11-10-15-7-5-4-6-8-15/h4-8,11,14,16,22H,3,9-10,12-13H2,1-2H3,(H2,19,24)(H,20,23). The number of aliphatic hydroxyl groups excluding tert-OH is 1. The number of hydrazine groups is 1. The Morgan fingerprint density at radius 2 is 2.00 bits per heavy atom. The molecule has 0 aliphatic rings. The maximum absolute atomic E-state index is 11.9. The third-order valence-electron chi connectivity index (χ3n) is 3.83. The zero-order valence-electron chi connectivity index (χ0n) is 14.4. The number of amides is 2. The highest BCUT2D eigenvalue weighted by Gasteiger charge is 2.15. The molecule has 0 fully saturated rings. The minimum atomic E-state index is -0.644. The number of aliphatic hydroxyl groups is 1. The van der Waals surface area contributed by atoms with Gasteiger partial charge in [-0.15, -0.1) is 0 Å². The third-order valence-corrected chi connectivity index (χ3v) is 3.83. The van der Waals surface area contributed by atoms with E-state index in [4.69, 9.17) is 5.73 Å². The summed E-state index contributed by atoms with van der Waals surface area (Å²) in [5.41, 5.74) is 9.06. The van der Waals surface area contributed by atoms with Crippen LogP contribution in [0.2, 0.25) is 0 Å². The van der Waals surface area contributed by atoms with Gasteiger partial charge in [0.15, 0.2) is 0 Å². The molecule has 0 bridgehead atoms. The second-order valence-electron chi connectivity index (χ2n) is 5.91. The SMILES string of the molecule is CCN(CC(O)[CH]Cc1ccccc1)NC(=O)CCC(C)C(N)=O. The quantitative estimate of drug-likeness (QED) is 0.527. The van der Waals surface area contributed by atoms with Crippen LogP contribution in [0.4, 0.5) is 0 Å². The van der Waals surface area contributed by atoms with Crippen LogP contribution < -0.4 is 11.2 Å². The second kappa shape index (κ2) is 10.8. The first-order chi connectivity index (χ1) is 11.4. The Labute approximate surface area is 144 Å². The number of benzene rings is 1. The van der Waals surface area contributed by atoms with Crippen LogP contribution in [-0.2, 0) is 16.0 Å². The van der Waals surface area contributed by atoms with E-state index in [1.807, 2.05) is 43.7 Å². The summed E-state index contributed by atoms with van der Waals surface area (Å²) in [4.78, 5) is 22.9. The molecule has 24 heavy (non-hydrogen) atoms. The molecule has 0 saturated carbocycles. The molecule has 0 aromatic heterocycles. The molecule has 2 amide bonds. The molecule has 1 aromatic carbocycles. The van der Waals surface area contributed by atoms with E-state index in [1.165, 1.54) is 0 Å². The largest absolute Gasteiger partial charge is 0.391 e. The number of hydrogen-bond acceptors (Lipinski definition) is 4. The van der Waals surface area contributed by atoms with Gasteiger partial charge in [0, 0.05) is 25.4 Å². The predicted octanol–water partition coefficient (Wildman–Crippen LogP) is 1.05. The van der Waals surface area contributed by atoms with Gasteiger partial charge in [0.05, 0.1) is 6.10 Å². The first-order valence-corrected chi connectivity index (χ1v) is 8.31. The summed E-state index contributed by atoms with van der Waals surface area (Å²) in [6, 6.07) is 9.88. The van der Waals surface area contributed by atoms with Crippen LogP contribution in [-0.4, -0.2) is 41.1 Å². The van der Waals surface area contributed by atoms with E-state index < -0.39 is 12.0 Å². The molecule has 2 atom stereocenters. The van der Waals surface area contributed by atoms with Crippen molar-refractivity contribution >= 4 is 11.8 Å². The van der Waals surface area contributed by atoms with Crippen molar-refractivity contribution in [2.24, 2.45) is 11.7 Å². The molecule has 1 aromatic rings. The Bertz CT molecular complexity index is 507. The maximum atomic E-state index is 11.9. The smallest absolute Gasteiger partial charge is 0.234 e. The van der Waals surface area contributed by atoms with Gasteiger partial charge in [-0.2, -0.15) is 0 Å². The summed E-state index contributed by atoms with van der Waals surface area (Å²) in [6.07, 6.45) is 2.49. The van der Waals surface area contributed by atoms with Gasteiger partial charge in [0.25, 0.3) is 0 Å². The van der Waals surface area contributed by atoms with Crippen LogP contribution in [0, 0.1) is 12.3 Å². The highest BCUT2D eigenvalue weighted by atomic mass is 16.3. The van der Waals surface area contributed by atoms with Crippen LogP contribution in [0.15, 0.2) is 30.3 Å². The number of nitrogens with two attached hydrogens (primary N) is 1. The van der Waals surface area contributed by atoms with Crippen molar-refractivity contribution in [3.63, 3.8) is 0 Å². The van der Waals surface area contributed by atoms with E-state index in [0.717, 1.165) is 5.56 Å². The van der Waals surface area contributed by atoms with Crippen molar-refractivity contribution in [2.45, 2.75) is 39.2 Å². The molecule has 4 N–H and O–H groups in total. The fraction of sp³-hybridized carbons (Fsp3) is 0.500. The molecule has 0 aliphatic heterocycles. The molecule has 1 rings (SSSR count). The van der Waals surface area contributed by atoms with Crippen molar-refractivity contribution in [2.75, 3.05) is 13.1 Å². The van der Waals surface area contributed by atoms with Crippen molar-refractivity contribution in [1.29, 1.82) is 0 Å². The molecule has 0 saturated heterocycles. The van der Waals surface area contributed by atoms with Crippen LogP contribution in [0.25, 0.3) is 0 Å². The van der Waals surface area contributed by atoms with Gasteiger partial charge >= 0.3 is 0 Å². The zero-order chi connectivity index (χ0) is 17.9. The summed E-state index contributed by atoms with van der Waals surface area (Å²) in [5, 5.41) is 11.8. The number of nitrogens with zero attached hydrogens (tertiary/aromatic N) is 1. The van der Waals surface area contributed by atoms with E-state index in [0.29, 0.717) is 25.9 Å². The number of likely N-dealkylation sites (N-methyl/N-ethyl adjacent to an activating group) is 1. The van der Waals surface area contributed by atoms with Gasteiger partial charge in [-0.25, -0.2) is 5.01 Å². The number of nitrogens with one attached hydrogen (secondary N) is 1. The first kappa shape index (κ1) is 20.1. The molecule has 0 spiro atoms. The van der Waals surface area contributed by atoms with E-state index in [9.17, 15) is 14.7 Å². The van der Waals surface area contributed by atoms with Gasteiger partial charge in [-0.1, -0.05) is 44.2 Å². The summed E-state index contributed by atoms with van der Waals surface area (Å²) in [7, 11) is 0. The summed E-state index contributed by atoms with van der Waals surface area (Å²) in [6.45, 7) is 4.50. The summed E-state index contributed by atoms with van der Waals surface area (Å²) in [5.74, 6) is -0.906. The van der Waals surface area contributed by atoms with Gasteiger partial charge in [0.2, 0.25) is 11.8 Å². The number of carbonyl (C=O) groups excluding carboxylic acids is 2. The van der Waals surface area contributed by atoms with Crippen LogP contribution >= 0.6 is 0 Å². The normalized spacial score (nSPS) is 13.5. The number of primary amides is 1. The number of hydrogen-bond donors (Lipinski definition) is 3. The molecule has 0 heterocycles. The lowest BCUT2D eigenvalue weighted by molar-refractivity contribution is -0.127. The average molecular weight is 334 g/mol. The molecular formula is C18H28N3O3. The molecule has 133 valence electrons. The molecule has 0 aliphatic carbocycles. The second-order valence-corrected chi connectivity index (χ2v) is 5.91. The van der Waals surface area contributed by atoms with E-state index in [2.05, 4.69) is 5.43 Å². The fourth-order valence-electron chi connectivity index (χ4n) is 2.16. The topological polar surface area (TPSA) is 95.7 Å². The van der Waals surface area contributed by atoms with Gasteiger partial charge < -0.3 is 10.8 Å². The van der Waals surface area contributed by atoms with Gasteiger partial charge in [-0.3, -0.25) is 15.0 Å². The monoisotopic (exact) mass is 334 g/mol. The molecular weight excluding hydrogens is 306 g/mol. The lowest BCUT2D eigenvalue weighted by Gasteiger charge is -2.24. The maximum Gasteiger partial charge on any atom is 0.234 e. The lowest BCUT2D eigenvalue weighted by atomic mass is 10.1. The molecule has 6 heteroatoms. The van der Waals surface area contributed by atoms with E-state index >= 15 is 0 Å². The Balaban J connectivity index is 2.32. The van der Waals surface area contributed by atoms with Crippen molar-refractivity contribution in [3.8, 4) is 0 Å². The van der Waals surface area contributed by atoms with E-state index in [1.54, 1.807) is 11.9 Å². The first-order valence-electron chi connectivity index (χ1n) is 8.31. The lowest BCUT2D eigenvalue weighted by Crippen LogP contribution is -2.46. The Kier molecular flexibility index (Phi) is 9.04. The van der Waals surface area contributed by atoms with Gasteiger partial charge in [-0.05, 0) is 24.8 Å². The predicted molar refractivity (Wildman–Crippen MR) is 93.4 cm³/mol. The molecule has 6 nitrogen and oxygen atoms in total. The average Bonchev–Trinajstić information content (AvgIpc) is 2.58. The van der Waals surface area contributed by atoms with Crippen molar-refractivity contribution in [3.05, 3.63) is 42.3 Å². The minimum Gasteiger partial charge on any atom is -0.391 e. The molecule has 1 radical (unpaired) electrons. The minimum absolute atomic E-state index is 0.180. The number of rotatable bonds is 11. The van der Waals surface area contributed by atoms with Crippen molar-refractivity contribution in [1.82, 2.24) is 10.4 Å². The summed E-state index contributed by atoms with van der Waals surface area (Å²) < 4.78 is 0. The van der Waals surface area contributed by atoms with Crippen molar-refractivity contribution < 1.29 is 14.7 Å². The number of carbonyl (C=O) groups is 2. The highest BCUT2D eigenvalue weighted by molar-refractivity contribution is 5.78. The Morgan fingerprint density at radius 1 is 1.33 bits per heavy atom. The molecule has 2 unspecified atom stereocenters. The third kappa shape index (κ3) is 8.08. The van der Waals surface area contributed by atoms with Crippen LogP contribution in [0.3, 0.4) is 0 Å². The van der Waals surface area contributed by atoms with Crippen LogP contribution in [0.1, 0.15) is 32.3 Å². The van der Waals surface area contributed by atoms with E-state index in [-0.39, 0.29) is 18.2 Å². The van der Waals surface area contributed by atoms with Gasteiger partial charge in [0.1, 0.15) is 0 Å². The zero-order valence-corrected chi connectivity index (χ0v) is 14.4. The Hall–Kier alpha value is -1.92. The highest BCUT2D eigenvalue weighted by Crippen LogP contribution is 2.06.